The Balaban J connectivity index is 2.15. The zero-order valence-corrected chi connectivity index (χ0v) is 14.2. The lowest BCUT2D eigenvalue weighted by Gasteiger charge is -2.32. The zero-order chi connectivity index (χ0) is 17.0. The summed E-state index contributed by atoms with van der Waals surface area (Å²) in [6.07, 6.45) is 3.07. The second-order valence-electron chi connectivity index (χ2n) is 6.18. The second-order valence-corrected chi connectivity index (χ2v) is 6.58. The van der Waals surface area contributed by atoms with E-state index in [-0.39, 0.29) is 22.4 Å². The normalized spacial score (nSPS) is 16.3. The molecule has 1 fully saturated rings. The van der Waals surface area contributed by atoms with Gasteiger partial charge in [0.15, 0.2) is 0 Å². The Labute approximate surface area is 141 Å². The molecule has 1 aromatic carbocycles. The van der Waals surface area contributed by atoms with Crippen molar-refractivity contribution < 1.29 is 14.0 Å². The fourth-order valence-electron chi connectivity index (χ4n) is 2.75. The van der Waals surface area contributed by atoms with Crippen LogP contribution in [0.2, 0.25) is 5.02 Å². The van der Waals surface area contributed by atoms with Crippen LogP contribution in [-0.2, 0) is 4.79 Å². The van der Waals surface area contributed by atoms with E-state index >= 15 is 0 Å². The SMILES string of the molecule is CC(C)[C@H](NC(=O)c1c(F)cccc1Cl)C(=O)N1CCCCC1. The monoisotopic (exact) mass is 340 g/mol. The van der Waals surface area contributed by atoms with Crippen molar-refractivity contribution in [3.8, 4) is 0 Å². The van der Waals surface area contributed by atoms with Crippen molar-refractivity contribution in [3.05, 3.63) is 34.6 Å². The standard InChI is InChI=1S/C17H22ClFN2O2/c1-11(2)15(17(23)21-9-4-3-5-10-21)20-16(22)14-12(18)7-6-8-13(14)19/h6-8,11,15H,3-5,9-10H2,1-2H3,(H,20,22)/t15-/m0/s1. The molecule has 23 heavy (non-hydrogen) atoms. The number of nitrogens with zero attached hydrogens (tertiary/aromatic N) is 1. The van der Waals surface area contributed by atoms with Gasteiger partial charge in [-0.2, -0.15) is 0 Å². The van der Waals surface area contributed by atoms with Gasteiger partial charge in [-0.05, 0) is 37.3 Å². The van der Waals surface area contributed by atoms with Gasteiger partial charge in [-0.15, -0.1) is 0 Å². The number of nitrogens with one attached hydrogen (secondary N) is 1. The smallest absolute Gasteiger partial charge is 0.256 e. The number of carbonyl (C=O) groups is 2. The average Bonchev–Trinajstić information content (AvgIpc) is 2.52. The highest BCUT2D eigenvalue weighted by Gasteiger charge is 2.30. The maximum absolute atomic E-state index is 13.9. The summed E-state index contributed by atoms with van der Waals surface area (Å²) < 4.78 is 13.9. The maximum atomic E-state index is 13.9. The summed E-state index contributed by atoms with van der Waals surface area (Å²) >= 11 is 5.92. The molecule has 0 saturated carbocycles. The topological polar surface area (TPSA) is 49.4 Å². The first-order valence-corrected chi connectivity index (χ1v) is 8.33. The Bertz CT molecular complexity index is 566. The van der Waals surface area contributed by atoms with Gasteiger partial charge >= 0.3 is 0 Å². The number of halogens is 2. The largest absolute Gasteiger partial charge is 0.341 e. The van der Waals surface area contributed by atoms with E-state index in [1.165, 1.54) is 18.2 Å². The number of likely N-dealkylation sites (tertiary alicyclic amines) is 1. The summed E-state index contributed by atoms with van der Waals surface area (Å²) in [6.45, 7) is 5.13. The minimum Gasteiger partial charge on any atom is -0.341 e. The molecule has 6 heteroatoms. The van der Waals surface area contributed by atoms with Gasteiger partial charge in [0.1, 0.15) is 11.9 Å². The second kappa shape index (κ2) is 7.77. The summed E-state index contributed by atoms with van der Waals surface area (Å²) in [4.78, 5) is 26.8. The van der Waals surface area contributed by atoms with Crippen LogP contribution in [0.25, 0.3) is 0 Å². The summed E-state index contributed by atoms with van der Waals surface area (Å²) in [7, 11) is 0. The molecule has 0 aromatic heterocycles. The fraction of sp³-hybridized carbons (Fsp3) is 0.529. The highest BCUT2D eigenvalue weighted by Crippen LogP contribution is 2.20. The summed E-state index contributed by atoms with van der Waals surface area (Å²) in [5.41, 5.74) is -0.216. The molecular weight excluding hydrogens is 319 g/mol. The van der Waals surface area contributed by atoms with Crippen molar-refractivity contribution in [2.45, 2.75) is 39.2 Å². The summed E-state index contributed by atoms with van der Waals surface area (Å²) in [6, 6.07) is 3.39. The molecule has 1 aliphatic heterocycles. The summed E-state index contributed by atoms with van der Waals surface area (Å²) in [5, 5.41) is 2.69. The van der Waals surface area contributed by atoms with Crippen molar-refractivity contribution in [1.82, 2.24) is 10.2 Å². The molecule has 4 nitrogen and oxygen atoms in total. The first-order chi connectivity index (χ1) is 10.9. The van der Waals surface area contributed by atoms with E-state index in [0.717, 1.165) is 19.3 Å². The van der Waals surface area contributed by atoms with Crippen LogP contribution in [0.5, 0.6) is 0 Å². The van der Waals surface area contributed by atoms with Crippen molar-refractivity contribution >= 4 is 23.4 Å². The number of carbonyl (C=O) groups excluding carboxylic acids is 2. The quantitative estimate of drug-likeness (QED) is 0.914. The molecule has 126 valence electrons. The first-order valence-electron chi connectivity index (χ1n) is 7.95. The third-order valence-corrected chi connectivity index (χ3v) is 4.39. The molecule has 1 aliphatic rings. The number of hydrogen-bond acceptors (Lipinski definition) is 2. The van der Waals surface area contributed by atoms with Crippen LogP contribution in [0, 0.1) is 11.7 Å². The molecule has 2 rings (SSSR count). The molecule has 1 heterocycles. The van der Waals surface area contributed by atoms with Gasteiger partial charge in [-0.1, -0.05) is 31.5 Å². The Morgan fingerprint density at radius 2 is 1.87 bits per heavy atom. The van der Waals surface area contributed by atoms with Crippen molar-refractivity contribution in [2.24, 2.45) is 5.92 Å². The van der Waals surface area contributed by atoms with Gasteiger partial charge < -0.3 is 10.2 Å². The van der Waals surface area contributed by atoms with Gasteiger partial charge in [0.05, 0.1) is 10.6 Å². The Hall–Kier alpha value is -1.62. The molecule has 0 spiro atoms. The van der Waals surface area contributed by atoms with Gasteiger partial charge in [-0.3, -0.25) is 9.59 Å². The van der Waals surface area contributed by atoms with Crippen molar-refractivity contribution in [3.63, 3.8) is 0 Å². The molecular formula is C17H22ClFN2O2. The Kier molecular flexibility index (Phi) is 5.99. The number of rotatable bonds is 4. The fourth-order valence-corrected chi connectivity index (χ4v) is 3.00. The van der Waals surface area contributed by atoms with E-state index in [2.05, 4.69) is 5.32 Å². The number of amides is 2. The van der Waals surface area contributed by atoms with E-state index < -0.39 is 17.8 Å². The molecule has 0 radical (unpaired) electrons. The highest BCUT2D eigenvalue weighted by molar-refractivity contribution is 6.33. The van der Waals surface area contributed by atoms with Crippen LogP contribution >= 0.6 is 11.6 Å². The molecule has 0 unspecified atom stereocenters. The lowest BCUT2D eigenvalue weighted by molar-refractivity contribution is -0.135. The summed E-state index contributed by atoms with van der Waals surface area (Å²) in [5.74, 6) is -1.56. The van der Waals surface area contributed by atoms with Crippen molar-refractivity contribution in [2.75, 3.05) is 13.1 Å². The molecule has 1 saturated heterocycles. The van der Waals surface area contributed by atoms with Gasteiger partial charge in [0.2, 0.25) is 5.91 Å². The minimum absolute atomic E-state index is 0.0374. The van der Waals surface area contributed by atoms with E-state index in [1.54, 1.807) is 4.90 Å². The van der Waals surface area contributed by atoms with Crippen LogP contribution in [0.4, 0.5) is 4.39 Å². The highest BCUT2D eigenvalue weighted by atomic mass is 35.5. The maximum Gasteiger partial charge on any atom is 0.256 e. The predicted octanol–water partition coefficient (Wildman–Crippen LogP) is 3.25. The van der Waals surface area contributed by atoms with E-state index in [4.69, 9.17) is 11.6 Å². The van der Waals surface area contributed by atoms with E-state index in [0.29, 0.717) is 13.1 Å². The Morgan fingerprint density at radius 1 is 1.22 bits per heavy atom. The number of benzene rings is 1. The van der Waals surface area contributed by atoms with Crippen LogP contribution in [0.15, 0.2) is 18.2 Å². The van der Waals surface area contributed by atoms with Crippen LogP contribution in [-0.4, -0.2) is 35.8 Å². The third-order valence-electron chi connectivity index (χ3n) is 4.08. The van der Waals surface area contributed by atoms with Gasteiger partial charge in [-0.25, -0.2) is 4.39 Å². The van der Waals surface area contributed by atoms with E-state index in [9.17, 15) is 14.0 Å². The first kappa shape index (κ1) is 17.7. The average molecular weight is 341 g/mol. The zero-order valence-electron chi connectivity index (χ0n) is 13.4. The Morgan fingerprint density at radius 3 is 2.43 bits per heavy atom. The van der Waals surface area contributed by atoms with Crippen LogP contribution in [0.3, 0.4) is 0 Å². The molecule has 1 aromatic rings. The molecule has 1 atom stereocenters. The molecule has 2 amide bonds. The van der Waals surface area contributed by atoms with Gasteiger partial charge in [0, 0.05) is 13.1 Å². The van der Waals surface area contributed by atoms with Crippen molar-refractivity contribution in [1.29, 1.82) is 0 Å². The lowest BCUT2D eigenvalue weighted by atomic mass is 10.0. The van der Waals surface area contributed by atoms with Gasteiger partial charge in [0.25, 0.3) is 5.91 Å². The molecule has 1 N–H and O–H groups in total. The number of piperidine rings is 1. The third kappa shape index (κ3) is 4.22. The predicted molar refractivity (Wildman–Crippen MR) is 87.9 cm³/mol. The van der Waals surface area contributed by atoms with Crippen LogP contribution < -0.4 is 5.32 Å². The number of hydrogen-bond donors (Lipinski definition) is 1. The minimum atomic E-state index is -0.692. The van der Waals surface area contributed by atoms with Crippen LogP contribution in [0.1, 0.15) is 43.5 Å². The van der Waals surface area contributed by atoms with E-state index in [1.807, 2.05) is 13.8 Å². The lowest BCUT2D eigenvalue weighted by Crippen LogP contribution is -2.52. The molecule has 0 aliphatic carbocycles. The molecule has 0 bridgehead atoms.